The van der Waals surface area contributed by atoms with E-state index < -0.39 is 45.6 Å². The van der Waals surface area contributed by atoms with E-state index in [2.05, 4.69) is 30.6 Å². The number of nitrogens with zero attached hydrogens (tertiary/aromatic N) is 12. The number of aromatic nitrogens is 12. The number of rotatable bonds is 10. The number of halogens is 1. The summed E-state index contributed by atoms with van der Waals surface area (Å²) in [7, 11) is 5.24. The molecule has 0 radical (unpaired) electrons. The van der Waals surface area contributed by atoms with E-state index in [-0.39, 0.29) is 27.9 Å². The molecule has 6 unspecified atom stereocenters. The van der Waals surface area contributed by atoms with Crippen molar-refractivity contribution >= 4 is 91.8 Å². The lowest BCUT2D eigenvalue weighted by Crippen LogP contribution is -2.61. The molecule has 6 aromatic heterocycles. The lowest BCUT2D eigenvalue weighted by Gasteiger charge is -2.60. The summed E-state index contributed by atoms with van der Waals surface area (Å²) in [5.74, 6) is 2.16. The average molecular weight is 1380 g/mol. The summed E-state index contributed by atoms with van der Waals surface area (Å²) in [6.07, 6.45) is 20.9. The van der Waals surface area contributed by atoms with Crippen molar-refractivity contribution in [2.45, 2.75) is 170 Å². The molecule has 13 N–H and O–H groups in total. The number of carbonyl (C=O) groups is 3. The molecule has 6 atom stereocenters. The van der Waals surface area contributed by atoms with Crippen LogP contribution < -0.4 is 50.6 Å². The molecule has 524 valence electrons. The summed E-state index contributed by atoms with van der Waals surface area (Å²) in [5.41, 5.74) is 27.9. The molecule has 12 aliphatic carbocycles. The first-order valence-electron chi connectivity index (χ1n) is 34.5. The Labute approximate surface area is 579 Å². The van der Waals surface area contributed by atoms with Crippen molar-refractivity contribution in [3.63, 3.8) is 0 Å². The first-order chi connectivity index (χ1) is 47.3. The number of aliphatic hydroxyl groups is 3. The number of aryl methyl sites for hydroxylation is 6. The molecule has 3 aromatic carbocycles. The maximum absolute atomic E-state index is 13.4. The van der Waals surface area contributed by atoms with E-state index in [0.717, 1.165) is 118 Å². The Hall–Kier alpha value is -9.31. The number of hydrogen-bond donors (Lipinski definition) is 9. The van der Waals surface area contributed by atoms with Crippen molar-refractivity contribution in [2.75, 3.05) is 16.4 Å². The van der Waals surface area contributed by atoms with Gasteiger partial charge in [-0.1, -0.05) is 0 Å². The molecule has 6 heterocycles. The minimum Gasteiger partial charge on any atom is -0.399 e. The van der Waals surface area contributed by atoms with Crippen LogP contribution in [-0.4, -0.2) is 107 Å². The quantitative estimate of drug-likeness (QED) is 0.0485. The van der Waals surface area contributed by atoms with Gasteiger partial charge in [0, 0.05) is 54.9 Å². The number of hydrogen-bond acceptors (Lipinski definition) is 18. The molecule has 0 saturated heterocycles. The van der Waals surface area contributed by atoms with Gasteiger partial charge in [0.1, 0.15) is 16.6 Å². The van der Waals surface area contributed by atoms with Crippen molar-refractivity contribution in [2.24, 2.45) is 73.9 Å². The van der Waals surface area contributed by atoms with Gasteiger partial charge >= 0.3 is 17.1 Å². The van der Waals surface area contributed by atoms with Gasteiger partial charge in [-0.25, -0.2) is 29.3 Å². The molecule has 0 spiro atoms. The summed E-state index contributed by atoms with van der Waals surface area (Å²) >= 11 is 5.99. The molecule has 3 amide bonds. The molecule has 27 nitrogen and oxygen atoms in total. The highest BCUT2D eigenvalue weighted by molar-refractivity contribution is 6.28. The summed E-state index contributed by atoms with van der Waals surface area (Å²) in [6, 6.07) is 15.3. The molecule has 21 rings (SSSR count). The van der Waals surface area contributed by atoms with Crippen LogP contribution in [0.3, 0.4) is 0 Å². The molecule has 0 aliphatic heterocycles. The zero-order valence-corrected chi connectivity index (χ0v) is 57.7. The number of imidazole rings is 3. The highest BCUT2D eigenvalue weighted by Gasteiger charge is 2.62. The van der Waals surface area contributed by atoms with Gasteiger partial charge in [-0.15, -0.1) is 0 Å². The highest BCUT2D eigenvalue weighted by Crippen LogP contribution is 2.63. The Morgan fingerprint density at radius 3 is 1.06 bits per heavy atom. The normalized spacial score (nSPS) is 29.8. The van der Waals surface area contributed by atoms with Crippen LogP contribution in [0.15, 0.2) is 87.6 Å². The number of benzene rings is 3. The van der Waals surface area contributed by atoms with Gasteiger partial charge in [0.05, 0.1) is 52.0 Å². The third kappa shape index (κ3) is 11.4. The van der Waals surface area contributed by atoms with Crippen LogP contribution in [0, 0.1) is 56.3 Å². The third-order valence-electron chi connectivity index (χ3n) is 23.9. The fourth-order valence-electron chi connectivity index (χ4n) is 21.0. The van der Waals surface area contributed by atoms with Crippen LogP contribution in [-0.2, 0) is 37.8 Å². The predicted molar refractivity (Wildman–Crippen MR) is 376 cm³/mol. The van der Waals surface area contributed by atoms with E-state index in [1.807, 2.05) is 34.5 Å². The number of fused-ring (bicyclic) bond motifs is 3. The van der Waals surface area contributed by atoms with Crippen molar-refractivity contribution in [3.8, 4) is 0 Å². The molecule has 12 aliphatic rings. The number of nitrogens with one attached hydrogen (secondary N) is 2. The second-order valence-corrected chi connectivity index (χ2v) is 31.7. The Balaban J connectivity index is 0.000000115. The Bertz CT molecular complexity index is 4850. The van der Waals surface area contributed by atoms with E-state index in [9.17, 15) is 44.1 Å². The molecule has 12 saturated carbocycles. The molecule has 9 aromatic rings. The minimum absolute atomic E-state index is 0.0814. The zero-order valence-electron chi connectivity index (χ0n) is 57.0. The van der Waals surface area contributed by atoms with E-state index >= 15 is 0 Å². The van der Waals surface area contributed by atoms with Gasteiger partial charge in [0.25, 0.3) is 0 Å². The second-order valence-electron chi connectivity index (χ2n) is 31.4. The van der Waals surface area contributed by atoms with Gasteiger partial charge in [-0.2, -0.15) is 15.0 Å². The lowest BCUT2D eigenvalue weighted by molar-refractivity contribution is -0.156. The van der Waals surface area contributed by atoms with Gasteiger partial charge in [0.15, 0.2) is 16.9 Å². The van der Waals surface area contributed by atoms with Crippen molar-refractivity contribution in [3.05, 3.63) is 143 Å². The molecular weight excluding hydrogens is 1300 g/mol. The predicted octanol–water partition coefficient (Wildman–Crippen LogP) is 7.14. The van der Waals surface area contributed by atoms with Gasteiger partial charge in [-0.3, -0.25) is 41.8 Å². The standard InChI is InChI=1S/2C24H28N6O3.C16H19ClN4O2.C8H10N2O/c2*1-13-5-16(19(25)31)3-4-17(13)27-21-26-11-18-20(28-21)30(22(32)29(18)2)23-7-14-6-15(8-23)10-24(33,9-14)12-23;1-20-11-7-18-13(17)19-12(11)21(14(20)22)15-3-9-2-10(4-15)6-16(23,5-9)8-15;1-5-4-6(8(10)11)2-3-7(5)9/h2*3-5,11,14-15,33H,6-10,12H2,1-2H3,(H2,25,31)(H,26,27,28);7,9-10,23H,2-6,8H2,1H3;2-4H,9H2,1H3,(H2,10,11). The van der Waals surface area contributed by atoms with Crippen LogP contribution in [0.5, 0.6) is 0 Å². The van der Waals surface area contributed by atoms with E-state index in [1.165, 1.54) is 6.42 Å². The van der Waals surface area contributed by atoms with E-state index in [1.54, 1.807) is 108 Å². The van der Waals surface area contributed by atoms with Crippen LogP contribution in [0.2, 0.25) is 5.28 Å². The van der Waals surface area contributed by atoms with Crippen LogP contribution in [0.25, 0.3) is 33.5 Å². The number of amides is 3. The monoisotopic (exact) mass is 1380 g/mol. The molecule has 12 bridgehead atoms. The summed E-state index contributed by atoms with van der Waals surface area (Å²) < 4.78 is 10.3. The summed E-state index contributed by atoms with van der Waals surface area (Å²) in [4.78, 5) is 100. The molecule has 100 heavy (non-hydrogen) atoms. The zero-order chi connectivity index (χ0) is 70.7. The fourth-order valence-corrected chi connectivity index (χ4v) is 21.1. The topological polar surface area (TPSA) is 398 Å². The second kappa shape index (κ2) is 23.7. The highest BCUT2D eigenvalue weighted by atomic mass is 35.5. The fraction of sp³-hybridized carbons (Fsp3) is 0.500. The van der Waals surface area contributed by atoms with Crippen LogP contribution >= 0.6 is 11.6 Å². The third-order valence-corrected chi connectivity index (χ3v) is 24.0. The van der Waals surface area contributed by atoms with E-state index in [4.69, 9.17) is 44.5 Å². The van der Waals surface area contributed by atoms with Gasteiger partial charge in [0.2, 0.25) is 34.9 Å². The molecular formula is C72H85ClN18O9. The van der Waals surface area contributed by atoms with Crippen LogP contribution in [0.4, 0.5) is 29.0 Å². The Kier molecular flexibility index (Phi) is 15.7. The SMILES string of the molecule is Cc1cc(C(N)=O)ccc1N.Cc1cc(C(N)=O)ccc1Nc1ncc2c(n1)n(C13CC4CC(CC(O)(C4)C1)C3)c(=O)n2C.Cc1cc(C(N)=O)ccc1Nc1ncc2c(n1)n(C13CC4CC(CC(O)(C4)C1)C3)c(=O)n2C.Cn1c(=O)n(C23CC4CC(CC(O)(C4)C2)C3)c2nc(Cl)ncc21. The first-order valence-corrected chi connectivity index (χ1v) is 34.9. The molecule has 12 fully saturated rings. The maximum Gasteiger partial charge on any atom is 0.330 e. The van der Waals surface area contributed by atoms with Crippen molar-refractivity contribution in [1.82, 2.24) is 57.3 Å². The number of nitrogen functional groups attached to an aromatic ring is 1. The van der Waals surface area contributed by atoms with E-state index in [0.29, 0.717) is 123 Å². The van der Waals surface area contributed by atoms with Crippen LogP contribution in [0.1, 0.15) is 163 Å². The Morgan fingerprint density at radius 2 is 0.760 bits per heavy atom. The van der Waals surface area contributed by atoms with Crippen molar-refractivity contribution < 1.29 is 29.7 Å². The van der Waals surface area contributed by atoms with Gasteiger partial charge in [-0.05, 0) is 255 Å². The summed E-state index contributed by atoms with van der Waals surface area (Å²) in [5, 5.41) is 40.0. The number of carbonyl (C=O) groups excluding carboxylic acids is 3. The average Bonchev–Trinajstić information content (AvgIpc) is 1.31. The minimum atomic E-state index is -0.681. The maximum atomic E-state index is 13.4. The summed E-state index contributed by atoms with van der Waals surface area (Å²) in [6.45, 7) is 5.59. The number of anilines is 5. The van der Waals surface area contributed by atoms with Crippen molar-refractivity contribution in [1.29, 1.82) is 0 Å². The number of nitrogens with two attached hydrogens (primary N) is 4. The Morgan fingerprint density at radius 1 is 0.460 bits per heavy atom. The smallest absolute Gasteiger partial charge is 0.330 e. The lowest BCUT2D eigenvalue weighted by atomic mass is 9.51. The van der Waals surface area contributed by atoms with Gasteiger partial charge < -0.3 is 48.9 Å². The largest absolute Gasteiger partial charge is 0.399 e. The molecule has 28 heteroatoms. The first kappa shape index (κ1) is 66.6. The number of primary amides is 3.